The molecule has 29 heavy (non-hydrogen) atoms. The Labute approximate surface area is 167 Å². The normalized spacial score (nSPS) is 17.9. The number of aryl methyl sites for hydroxylation is 2. The molecular weight excluding hydrogens is 368 g/mol. The lowest BCUT2D eigenvalue weighted by atomic mass is 9.92. The van der Waals surface area contributed by atoms with Gasteiger partial charge in [0.15, 0.2) is 0 Å². The van der Waals surface area contributed by atoms with Crippen LogP contribution in [-0.4, -0.2) is 17.9 Å². The Morgan fingerprint density at radius 3 is 2.86 bits per heavy atom. The Morgan fingerprint density at radius 1 is 1.24 bits per heavy atom. The van der Waals surface area contributed by atoms with E-state index in [-0.39, 0.29) is 17.4 Å². The first kappa shape index (κ1) is 17.8. The highest BCUT2D eigenvalue weighted by atomic mass is 16.5. The number of phenols is 1. The van der Waals surface area contributed by atoms with Gasteiger partial charge < -0.3 is 19.7 Å². The molecule has 3 aromatic rings. The largest absolute Gasteiger partial charge is 0.506 e. The maximum Gasteiger partial charge on any atom is 0.339 e. The summed E-state index contributed by atoms with van der Waals surface area (Å²) in [6.07, 6.45) is 3.01. The lowest BCUT2D eigenvalue weighted by Gasteiger charge is -2.15. The van der Waals surface area contributed by atoms with E-state index in [0.29, 0.717) is 34.9 Å². The van der Waals surface area contributed by atoms with E-state index in [1.165, 1.54) is 0 Å². The summed E-state index contributed by atoms with van der Waals surface area (Å²) >= 11 is 0. The molecule has 1 aliphatic carbocycles. The van der Waals surface area contributed by atoms with E-state index in [0.717, 1.165) is 41.0 Å². The summed E-state index contributed by atoms with van der Waals surface area (Å²) in [6.45, 7) is 1.90. The van der Waals surface area contributed by atoms with Crippen molar-refractivity contribution >= 4 is 16.7 Å². The van der Waals surface area contributed by atoms with Crippen LogP contribution in [0.15, 0.2) is 44.6 Å². The van der Waals surface area contributed by atoms with E-state index < -0.39 is 0 Å². The number of nitrogens with one attached hydrogen (secondary N) is 1. The third-order valence-corrected chi connectivity index (χ3v) is 5.99. The van der Waals surface area contributed by atoms with Crippen LogP contribution in [0.5, 0.6) is 11.5 Å². The molecule has 0 saturated heterocycles. The van der Waals surface area contributed by atoms with Crippen LogP contribution in [-0.2, 0) is 12.8 Å². The van der Waals surface area contributed by atoms with Gasteiger partial charge in [-0.3, -0.25) is 0 Å². The quantitative estimate of drug-likeness (QED) is 0.666. The number of phenolic OH excluding ortho intramolecular Hbond substituents is 1. The SMILES string of the molecule is COc1ccccc1C1CC(c2c(C)cc3oc(=O)c4c(c3c2O)CCC4)=NN1. The van der Waals surface area contributed by atoms with Crippen LogP contribution in [0.25, 0.3) is 11.0 Å². The van der Waals surface area contributed by atoms with E-state index in [1.807, 2.05) is 37.3 Å². The second-order valence-corrected chi connectivity index (χ2v) is 7.68. The van der Waals surface area contributed by atoms with Crippen LogP contribution >= 0.6 is 0 Å². The molecule has 0 fully saturated rings. The molecule has 6 nitrogen and oxygen atoms in total. The zero-order valence-electron chi connectivity index (χ0n) is 16.4. The van der Waals surface area contributed by atoms with Crippen LogP contribution in [0.1, 0.15) is 46.7 Å². The van der Waals surface area contributed by atoms with E-state index in [1.54, 1.807) is 7.11 Å². The van der Waals surface area contributed by atoms with Gasteiger partial charge in [-0.05, 0) is 49.4 Å². The van der Waals surface area contributed by atoms with E-state index in [9.17, 15) is 9.90 Å². The maximum absolute atomic E-state index is 12.3. The highest BCUT2D eigenvalue weighted by Crippen LogP contribution is 2.40. The van der Waals surface area contributed by atoms with Crippen molar-refractivity contribution in [3.63, 3.8) is 0 Å². The predicted octanol–water partition coefficient (Wildman–Crippen LogP) is 3.74. The molecule has 1 atom stereocenters. The number of ether oxygens (including phenoxy) is 1. The Morgan fingerprint density at radius 2 is 2.03 bits per heavy atom. The number of para-hydroxylation sites is 1. The fourth-order valence-electron chi connectivity index (χ4n) is 4.64. The molecule has 0 amide bonds. The third-order valence-electron chi connectivity index (χ3n) is 5.99. The minimum absolute atomic E-state index is 0.0323. The summed E-state index contributed by atoms with van der Waals surface area (Å²) in [5, 5.41) is 16.4. The number of nitrogens with zero attached hydrogens (tertiary/aromatic N) is 1. The minimum atomic E-state index is -0.285. The molecule has 1 aliphatic heterocycles. The van der Waals surface area contributed by atoms with Gasteiger partial charge in [-0.1, -0.05) is 18.2 Å². The first-order valence-electron chi connectivity index (χ1n) is 9.85. The van der Waals surface area contributed by atoms with Crippen LogP contribution < -0.4 is 15.8 Å². The van der Waals surface area contributed by atoms with Crippen molar-refractivity contribution in [1.82, 2.24) is 5.43 Å². The lowest BCUT2D eigenvalue weighted by molar-refractivity contribution is 0.402. The molecule has 1 unspecified atom stereocenters. The number of hydrogen-bond donors (Lipinski definition) is 2. The van der Waals surface area contributed by atoms with Crippen molar-refractivity contribution in [1.29, 1.82) is 0 Å². The van der Waals surface area contributed by atoms with Crippen molar-refractivity contribution < 1.29 is 14.3 Å². The van der Waals surface area contributed by atoms with E-state index >= 15 is 0 Å². The molecule has 2 N–H and O–H groups in total. The van der Waals surface area contributed by atoms with Crippen LogP contribution in [0.2, 0.25) is 0 Å². The summed E-state index contributed by atoms with van der Waals surface area (Å²) in [5.74, 6) is 0.962. The average molecular weight is 390 g/mol. The van der Waals surface area contributed by atoms with Gasteiger partial charge in [-0.15, -0.1) is 0 Å². The highest BCUT2D eigenvalue weighted by molar-refractivity contribution is 6.09. The van der Waals surface area contributed by atoms with Gasteiger partial charge in [0.25, 0.3) is 0 Å². The smallest absolute Gasteiger partial charge is 0.339 e. The summed E-state index contributed by atoms with van der Waals surface area (Å²) in [6, 6.07) is 9.66. The lowest BCUT2D eigenvalue weighted by Crippen LogP contribution is -2.11. The van der Waals surface area contributed by atoms with Gasteiger partial charge in [0.2, 0.25) is 0 Å². The molecule has 1 aromatic heterocycles. The highest BCUT2D eigenvalue weighted by Gasteiger charge is 2.29. The van der Waals surface area contributed by atoms with Crippen molar-refractivity contribution in [2.24, 2.45) is 5.10 Å². The molecule has 5 rings (SSSR count). The fourth-order valence-corrected chi connectivity index (χ4v) is 4.64. The van der Waals surface area contributed by atoms with Gasteiger partial charge in [0, 0.05) is 23.1 Å². The number of methoxy groups -OCH3 is 1. The molecule has 0 spiro atoms. The zero-order valence-corrected chi connectivity index (χ0v) is 16.4. The number of benzene rings is 2. The number of hydrazone groups is 1. The summed E-state index contributed by atoms with van der Waals surface area (Å²) in [4.78, 5) is 12.3. The Hall–Kier alpha value is -3.28. The van der Waals surface area contributed by atoms with Gasteiger partial charge in [-0.25, -0.2) is 4.79 Å². The molecule has 2 aromatic carbocycles. The summed E-state index contributed by atoms with van der Waals surface area (Å²) in [7, 11) is 1.66. The Bertz CT molecular complexity index is 1230. The number of fused-ring (bicyclic) bond motifs is 3. The number of aromatic hydroxyl groups is 1. The van der Waals surface area contributed by atoms with Crippen molar-refractivity contribution in [3.05, 3.63) is 68.6 Å². The van der Waals surface area contributed by atoms with Crippen molar-refractivity contribution in [3.8, 4) is 11.5 Å². The standard InChI is InChI=1S/C23H22N2O4/c1-12-10-19-21(13-7-5-8-14(13)23(27)29-19)22(26)20(12)17-11-16(24-25-17)15-6-3-4-9-18(15)28-2/h3-4,6,9-10,16,24,26H,5,7-8,11H2,1-2H3. The number of hydrogen-bond acceptors (Lipinski definition) is 6. The molecule has 0 saturated carbocycles. The second-order valence-electron chi connectivity index (χ2n) is 7.68. The van der Waals surface area contributed by atoms with Gasteiger partial charge in [0.05, 0.1) is 24.2 Å². The molecular formula is C23H22N2O4. The van der Waals surface area contributed by atoms with Crippen molar-refractivity contribution in [2.45, 2.75) is 38.6 Å². The number of rotatable bonds is 3. The van der Waals surface area contributed by atoms with Crippen LogP contribution in [0, 0.1) is 6.92 Å². The molecule has 0 radical (unpaired) electrons. The maximum atomic E-state index is 12.3. The fraction of sp³-hybridized carbons (Fsp3) is 0.304. The first-order chi connectivity index (χ1) is 14.1. The zero-order chi connectivity index (χ0) is 20.1. The monoisotopic (exact) mass is 390 g/mol. The Balaban J connectivity index is 1.60. The third kappa shape index (κ3) is 2.70. The first-order valence-corrected chi connectivity index (χ1v) is 9.85. The van der Waals surface area contributed by atoms with Crippen LogP contribution in [0.4, 0.5) is 0 Å². The van der Waals surface area contributed by atoms with Gasteiger partial charge >= 0.3 is 5.63 Å². The molecule has 2 heterocycles. The van der Waals surface area contributed by atoms with E-state index in [2.05, 4.69) is 10.5 Å². The topological polar surface area (TPSA) is 84.1 Å². The van der Waals surface area contributed by atoms with Gasteiger partial charge in [0.1, 0.15) is 17.1 Å². The molecule has 148 valence electrons. The van der Waals surface area contributed by atoms with E-state index in [4.69, 9.17) is 9.15 Å². The second kappa shape index (κ2) is 6.65. The van der Waals surface area contributed by atoms with Gasteiger partial charge in [-0.2, -0.15) is 5.10 Å². The molecule has 2 aliphatic rings. The summed E-state index contributed by atoms with van der Waals surface area (Å²) in [5.41, 5.74) is 8.32. The summed E-state index contributed by atoms with van der Waals surface area (Å²) < 4.78 is 11.0. The van der Waals surface area contributed by atoms with Crippen LogP contribution in [0.3, 0.4) is 0 Å². The average Bonchev–Trinajstić information content (AvgIpc) is 3.38. The minimum Gasteiger partial charge on any atom is -0.506 e. The Kier molecular flexibility index (Phi) is 4.08. The molecule has 0 bridgehead atoms. The predicted molar refractivity (Wildman–Crippen MR) is 111 cm³/mol. The van der Waals surface area contributed by atoms with Crippen molar-refractivity contribution in [2.75, 3.05) is 7.11 Å². The molecule has 6 heteroatoms.